The van der Waals surface area contributed by atoms with Crippen molar-refractivity contribution in [2.45, 2.75) is 52.2 Å². The Morgan fingerprint density at radius 2 is 1.94 bits per heavy atom. The quantitative estimate of drug-likeness (QED) is 0.679. The molecule has 16 heavy (non-hydrogen) atoms. The lowest BCUT2D eigenvalue weighted by atomic mass is 10.1. The molecule has 3 heteroatoms. The Morgan fingerprint density at radius 3 is 2.56 bits per heavy atom. The van der Waals surface area contributed by atoms with Crippen LogP contribution < -0.4 is 5.32 Å². The topological polar surface area (TPSA) is 30.5 Å². The van der Waals surface area contributed by atoms with E-state index in [0.29, 0.717) is 12.1 Å². The number of hydrogen-bond donors (Lipinski definition) is 1. The lowest BCUT2D eigenvalue weighted by molar-refractivity contribution is 0.0453. The molecule has 1 aliphatic heterocycles. The van der Waals surface area contributed by atoms with Crippen molar-refractivity contribution in [1.29, 1.82) is 0 Å². The molecule has 1 N–H and O–H groups in total. The maximum atomic E-state index is 5.75. The van der Waals surface area contributed by atoms with Gasteiger partial charge in [0, 0.05) is 25.8 Å². The molecule has 1 fully saturated rings. The Morgan fingerprint density at radius 1 is 1.25 bits per heavy atom. The summed E-state index contributed by atoms with van der Waals surface area (Å²) < 4.78 is 11.1. The molecule has 0 amide bonds. The molecule has 1 heterocycles. The first kappa shape index (κ1) is 13.9. The minimum Gasteiger partial charge on any atom is -0.381 e. The molecule has 1 saturated heterocycles. The molecule has 0 aliphatic carbocycles. The van der Waals surface area contributed by atoms with E-state index >= 15 is 0 Å². The van der Waals surface area contributed by atoms with Crippen molar-refractivity contribution in [3.05, 3.63) is 0 Å². The van der Waals surface area contributed by atoms with E-state index in [4.69, 9.17) is 9.47 Å². The summed E-state index contributed by atoms with van der Waals surface area (Å²) in [7, 11) is 0. The van der Waals surface area contributed by atoms with Crippen LogP contribution in [0.4, 0.5) is 0 Å². The molecule has 0 bridgehead atoms. The van der Waals surface area contributed by atoms with E-state index in [9.17, 15) is 0 Å². The monoisotopic (exact) mass is 229 g/mol. The highest BCUT2D eigenvalue weighted by molar-refractivity contribution is 4.69. The Bertz CT molecular complexity index is 167. The molecular formula is C13H27NO2. The molecule has 1 aliphatic rings. The third-order valence-electron chi connectivity index (χ3n) is 2.96. The Labute approximate surface area is 99.9 Å². The van der Waals surface area contributed by atoms with Crippen molar-refractivity contribution < 1.29 is 9.47 Å². The van der Waals surface area contributed by atoms with Crippen molar-refractivity contribution in [2.24, 2.45) is 5.92 Å². The molecule has 0 aromatic carbocycles. The Kier molecular flexibility index (Phi) is 7.01. The second-order valence-electron chi connectivity index (χ2n) is 5.15. The van der Waals surface area contributed by atoms with Crippen LogP contribution in [0.2, 0.25) is 0 Å². The minimum atomic E-state index is 0.386. The third kappa shape index (κ3) is 6.46. The zero-order chi connectivity index (χ0) is 11.8. The molecule has 96 valence electrons. The fraction of sp³-hybridized carbons (Fsp3) is 1.00. The average Bonchev–Trinajstić information content (AvgIpc) is 2.25. The summed E-state index contributed by atoms with van der Waals surface area (Å²) in [6, 6.07) is 0.637. The summed E-state index contributed by atoms with van der Waals surface area (Å²) in [5, 5.41) is 3.53. The van der Waals surface area contributed by atoms with Gasteiger partial charge in [0.1, 0.15) is 0 Å². The Hall–Kier alpha value is -0.120. The van der Waals surface area contributed by atoms with Crippen LogP contribution >= 0.6 is 0 Å². The zero-order valence-corrected chi connectivity index (χ0v) is 11.0. The first-order valence-corrected chi connectivity index (χ1v) is 6.61. The summed E-state index contributed by atoms with van der Waals surface area (Å²) in [5.41, 5.74) is 0. The van der Waals surface area contributed by atoms with Gasteiger partial charge in [-0.25, -0.2) is 0 Å². The van der Waals surface area contributed by atoms with Gasteiger partial charge in [-0.1, -0.05) is 13.8 Å². The first-order chi connectivity index (χ1) is 7.68. The molecule has 1 rings (SSSR count). The van der Waals surface area contributed by atoms with E-state index in [-0.39, 0.29) is 0 Å². The summed E-state index contributed by atoms with van der Waals surface area (Å²) in [6.45, 7) is 10.2. The Balaban J connectivity index is 1.94. The van der Waals surface area contributed by atoms with Crippen LogP contribution in [0.5, 0.6) is 0 Å². The van der Waals surface area contributed by atoms with Crippen LogP contribution in [-0.2, 0) is 9.47 Å². The molecule has 3 nitrogen and oxygen atoms in total. The van der Waals surface area contributed by atoms with Gasteiger partial charge in [0.25, 0.3) is 0 Å². The SMILES string of the molecule is CC(C)CC(C)OCCNC1CCOCC1. The summed E-state index contributed by atoms with van der Waals surface area (Å²) in [6.07, 6.45) is 3.82. The molecule has 0 radical (unpaired) electrons. The maximum Gasteiger partial charge on any atom is 0.0594 e. The van der Waals surface area contributed by atoms with Gasteiger partial charge in [-0.05, 0) is 32.1 Å². The fourth-order valence-electron chi connectivity index (χ4n) is 2.16. The molecule has 1 atom stereocenters. The van der Waals surface area contributed by atoms with Gasteiger partial charge in [-0.3, -0.25) is 0 Å². The largest absolute Gasteiger partial charge is 0.381 e. The van der Waals surface area contributed by atoms with Crippen molar-refractivity contribution in [1.82, 2.24) is 5.32 Å². The second-order valence-corrected chi connectivity index (χ2v) is 5.15. The van der Waals surface area contributed by atoms with E-state index in [0.717, 1.165) is 51.5 Å². The van der Waals surface area contributed by atoms with Crippen LogP contribution in [0.25, 0.3) is 0 Å². The van der Waals surface area contributed by atoms with E-state index in [1.165, 1.54) is 0 Å². The van der Waals surface area contributed by atoms with Crippen LogP contribution in [0.1, 0.15) is 40.0 Å². The van der Waals surface area contributed by atoms with Gasteiger partial charge in [0.15, 0.2) is 0 Å². The van der Waals surface area contributed by atoms with Gasteiger partial charge in [-0.15, -0.1) is 0 Å². The molecule has 1 unspecified atom stereocenters. The maximum absolute atomic E-state index is 5.75. The number of nitrogens with one attached hydrogen (secondary N) is 1. The van der Waals surface area contributed by atoms with Gasteiger partial charge in [0.2, 0.25) is 0 Å². The van der Waals surface area contributed by atoms with Gasteiger partial charge < -0.3 is 14.8 Å². The number of ether oxygens (including phenoxy) is 2. The predicted molar refractivity (Wildman–Crippen MR) is 66.7 cm³/mol. The van der Waals surface area contributed by atoms with Gasteiger partial charge >= 0.3 is 0 Å². The lowest BCUT2D eigenvalue weighted by Crippen LogP contribution is -2.37. The van der Waals surface area contributed by atoms with Crippen molar-refractivity contribution in [3.63, 3.8) is 0 Å². The molecule has 0 spiro atoms. The number of hydrogen-bond acceptors (Lipinski definition) is 3. The first-order valence-electron chi connectivity index (χ1n) is 6.61. The van der Waals surface area contributed by atoms with Crippen molar-refractivity contribution in [2.75, 3.05) is 26.4 Å². The summed E-state index contributed by atoms with van der Waals surface area (Å²) >= 11 is 0. The van der Waals surface area contributed by atoms with Crippen LogP contribution in [-0.4, -0.2) is 38.5 Å². The van der Waals surface area contributed by atoms with E-state index in [1.54, 1.807) is 0 Å². The van der Waals surface area contributed by atoms with Gasteiger partial charge in [-0.2, -0.15) is 0 Å². The fourth-order valence-corrected chi connectivity index (χ4v) is 2.16. The second kappa shape index (κ2) is 8.04. The van der Waals surface area contributed by atoms with Crippen molar-refractivity contribution >= 4 is 0 Å². The standard InChI is InChI=1S/C13H27NO2/c1-11(2)10-12(3)16-9-6-14-13-4-7-15-8-5-13/h11-14H,4-10H2,1-3H3. The highest BCUT2D eigenvalue weighted by Crippen LogP contribution is 2.08. The van der Waals surface area contributed by atoms with E-state index < -0.39 is 0 Å². The van der Waals surface area contributed by atoms with Crippen LogP contribution in [0.3, 0.4) is 0 Å². The highest BCUT2D eigenvalue weighted by Gasteiger charge is 2.12. The van der Waals surface area contributed by atoms with E-state index in [2.05, 4.69) is 26.1 Å². The lowest BCUT2D eigenvalue weighted by Gasteiger charge is -2.23. The third-order valence-corrected chi connectivity index (χ3v) is 2.96. The zero-order valence-electron chi connectivity index (χ0n) is 11.0. The van der Waals surface area contributed by atoms with Crippen molar-refractivity contribution in [3.8, 4) is 0 Å². The molecular weight excluding hydrogens is 202 g/mol. The number of rotatable bonds is 7. The normalized spacial score (nSPS) is 20.2. The molecule has 0 aromatic rings. The molecule has 0 aromatic heterocycles. The predicted octanol–water partition coefficient (Wildman–Crippen LogP) is 2.21. The molecule has 0 saturated carbocycles. The highest BCUT2D eigenvalue weighted by atomic mass is 16.5. The van der Waals surface area contributed by atoms with Crippen LogP contribution in [0, 0.1) is 5.92 Å². The minimum absolute atomic E-state index is 0.386. The average molecular weight is 229 g/mol. The summed E-state index contributed by atoms with van der Waals surface area (Å²) in [5.74, 6) is 0.721. The van der Waals surface area contributed by atoms with Gasteiger partial charge in [0.05, 0.1) is 12.7 Å². The summed E-state index contributed by atoms with van der Waals surface area (Å²) in [4.78, 5) is 0. The van der Waals surface area contributed by atoms with Crippen LogP contribution in [0.15, 0.2) is 0 Å². The smallest absolute Gasteiger partial charge is 0.0594 e. The van der Waals surface area contributed by atoms with E-state index in [1.807, 2.05) is 0 Å².